The van der Waals surface area contributed by atoms with Gasteiger partial charge in [-0.15, -0.1) is 0 Å². The van der Waals surface area contributed by atoms with Gasteiger partial charge in [-0.1, -0.05) is 23.2 Å². The fourth-order valence-electron chi connectivity index (χ4n) is 1.65. The van der Waals surface area contributed by atoms with Crippen molar-refractivity contribution in [3.8, 4) is 11.4 Å². The Morgan fingerprint density at radius 1 is 1.24 bits per heavy atom. The van der Waals surface area contributed by atoms with Crippen LogP contribution in [0.1, 0.15) is 5.56 Å². The van der Waals surface area contributed by atoms with E-state index in [1.54, 1.807) is 0 Å². The van der Waals surface area contributed by atoms with E-state index < -0.39 is 22.3 Å². The summed E-state index contributed by atoms with van der Waals surface area (Å²) in [6.07, 6.45) is -3.54. The van der Waals surface area contributed by atoms with Gasteiger partial charge in [0.15, 0.2) is 0 Å². The number of ether oxygens (including phenoxy) is 1. The smallest absolute Gasteiger partial charge is 0.417 e. The molecule has 0 aliphatic carbocycles. The first kappa shape index (κ1) is 15.7. The summed E-state index contributed by atoms with van der Waals surface area (Å²) in [7, 11) is 1.22. The zero-order chi connectivity index (χ0) is 15.8. The first-order valence-corrected chi connectivity index (χ1v) is 6.20. The second-order valence-corrected chi connectivity index (χ2v) is 4.72. The van der Waals surface area contributed by atoms with Gasteiger partial charge in [0.05, 0.1) is 29.6 Å². The number of nitrogens with zero attached hydrogens (tertiary/aromatic N) is 2. The van der Waals surface area contributed by atoms with Crippen LogP contribution in [0.25, 0.3) is 5.69 Å². The molecule has 0 saturated carbocycles. The fourth-order valence-corrected chi connectivity index (χ4v) is 2.08. The molecule has 0 atom stereocenters. The van der Waals surface area contributed by atoms with E-state index in [2.05, 4.69) is 5.10 Å². The van der Waals surface area contributed by atoms with Crippen LogP contribution in [0, 0.1) is 0 Å². The summed E-state index contributed by atoms with van der Waals surface area (Å²) < 4.78 is 44.0. The molecule has 0 saturated heterocycles. The standard InChI is InChI=1S/C12H7Cl2F3N2O2/c1-21-10-9(14)5-18-19(11(10)20)6-2-3-8(13)7(4-6)12(15,16)17/h2-5H,1H3. The number of halogens is 5. The zero-order valence-electron chi connectivity index (χ0n) is 10.4. The van der Waals surface area contributed by atoms with Crippen molar-refractivity contribution in [2.75, 3.05) is 7.11 Å². The Balaban J connectivity index is 2.67. The minimum Gasteiger partial charge on any atom is -0.490 e. The molecule has 1 aromatic carbocycles. The molecule has 0 aliphatic heterocycles. The molecule has 112 valence electrons. The van der Waals surface area contributed by atoms with Gasteiger partial charge in [-0.25, -0.2) is 0 Å². The number of hydrogen-bond donors (Lipinski definition) is 0. The molecule has 1 aromatic heterocycles. The molecule has 0 N–H and O–H groups in total. The lowest BCUT2D eigenvalue weighted by Crippen LogP contribution is -2.23. The summed E-state index contributed by atoms with van der Waals surface area (Å²) in [4.78, 5) is 12.0. The number of benzene rings is 1. The molecule has 4 nitrogen and oxygen atoms in total. The number of alkyl halides is 3. The number of methoxy groups -OCH3 is 1. The summed E-state index contributed by atoms with van der Waals surface area (Å²) in [5.74, 6) is -0.213. The third-order valence-corrected chi connectivity index (χ3v) is 3.19. The highest BCUT2D eigenvalue weighted by molar-refractivity contribution is 6.32. The third kappa shape index (κ3) is 2.98. The summed E-state index contributed by atoms with van der Waals surface area (Å²) >= 11 is 11.2. The van der Waals surface area contributed by atoms with Crippen molar-refractivity contribution < 1.29 is 17.9 Å². The normalized spacial score (nSPS) is 11.5. The second-order valence-electron chi connectivity index (χ2n) is 3.90. The van der Waals surface area contributed by atoms with Crippen LogP contribution in [0.2, 0.25) is 10.0 Å². The molecule has 0 fully saturated rings. The highest BCUT2D eigenvalue weighted by Gasteiger charge is 2.33. The van der Waals surface area contributed by atoms with Gasteiger partial charge in [0.25, 0.3) is 0 Å². The van der Waals surface area contributed by atoms with Crippen LogP contribution in [-0.4, -0.2) is 16.9 Å². The van der Waals surface area contributed by atoms with Crippen LogP contribution in [0.15, 0.2) is 29.2 Å². The Kier molecular flexibility index (Phi) is 4.15. The highest BCUT2D eigenvalue weighted by atomic mass is 35.5. The Hall–Kier alpha value is -1.73. The lowest BCUT2D eigenvalue weighted by atomic mass is 10.2. The van der Waals surface area contributed by atoms with Gasteiger partial charge in [0.2, 0.25) is 5.75 Å². The van der Waals surface area contributed by atoms with Crippen molar-refractivity contribution in [3.05, 3.63) is 50.4 Å². The average Bonchev–Trinajstić information content (AvgIpc) is 2.39. The van der Waals surface area contributed by atoms with E-state index in [4.69, 9.17) is 27.9 Å². The average molecular weight is 339 g/mol. The van der Waals surface area contributed by atoms with Crippen LogP contribution in [-0.2, 0) is 6.18 Å². The molecule has 2 rings (SSSR count). The van der Waals surface area contributed by atoms with Gasteiger partial charge >= 0.3 is 11.7 Å². The summed E-state index contributed by atoms with van der Waals surface area (Å²) in [5.41, 5.74) is -1.95. The van der Waals surface area contributed by atoms with Crippen LogP contribution in [0.4, 0.5) is 13.2 Å². The maximum atomic E-state index is 12.8. The Morgan fingerprint density at radius 3 is 2.48 bits per heavy atom. The Labute approximate surface area is 126 Å². The quantitative estimate of drug-likeness (QED) is 0.840. The van der Waals surface area contributed by atoms with Crippen molar-refractivity contribution in [2.24, 2.45) is 0 Å². The first-order chi connectivity index (χ1) is 9.75. The predicted molar refractivity (Wildman–Crippen MR) is 71.4 cm³/mol. The minimum atomic E-state index is -4.65. The number of aromatic nitrogens is 2. The predicted octanol–water partition coefficient (Wildman–Crippen LogP) is 3.57. The van der Waals surface area contributed by atoms with E-state index in [-0.39, 0.29) is 16.5 Å². The van der Waals surface area contributed by atoms with E-state index in [0.29, 0.717) is 0 Å². The van der Waals surface area contributed by atoms with Crippen LogP contribution >= 0.6 is 23.2 Å². The lowest BCUT2D eigenvalue weighted by molar-refractivity contribution is -0.137. The molecular formula is C12H7Cl2F3N2O2. The molecule has 2 aromatic rings. The van der Waals surface area contributed by atoms with Crippen molar-refractivity contribution in [3.63, 3.8) is 0 Å². The Bertz CT molecular complexity index is 744. The van der Waals surface area contributed by atoms with Gasteiger partial charge < -0.3 is 4.74 Å². The summed E-state index contributed by atoms with van der Waals surface area (Å²) in [5, 5.41) is 3.18. The van der Waals surface area contributed by atoms with Crippen molar-refractivity contribution >= 4 is 23.2 Å². The van der Waals surface area contributed by atoms with Gasteiger partial charge in [-0.05, 0) is 18.2 Å². The number of hydrogen-bond acceptors (Lipinski definition) is 3. The van der Waals surface area contributed by atoms with E-state index >= 15 is 0 Å². The minimum absolute atomic E-state index is 0.0382. The fraction of sp³-hybridized carbons (Fsp3) is 0.167. The zero-order valence-corrected chi connectivity index (χ0v) is 11.9. The molecule has 0 radical (unpaired) electrons. The van der Waals surface area contributed by atoms with Gasteiger partial charge in [-0.2, -0.15) is 23.0 Å². The van der Waals surface area contributed by atoms with Gasteiger partial charge in [0.1, 0.15) is 5.02 Å². The van der Waals surface area contributed by atoms with Crippen LogP contribution in [0.3, 0.4) is 0 Å². The van der Waals surface area contributed by atoms with E-state index in [0.717, 1.165) is 23.0 Å². The van der Waals surface area contributed by atoms with Crippen LogP contribution in [0.5, 0.6) is 5.75 Å². The van der Waals surface area contributed by atoms with Crippen LogP contribution < -0.4 is 10.3 Å². The summed E-state index contributed by atoms with van der Waals surface area (Å²) in [6.45, 7) is 0. The molecule has 1 heterocycles. The van der Waals surface area contributed by atoms with Crippen molar-refractivity contribution in [1.29, 1.82) is 0 Å². The highest BCUT2D eigenvalue weighted by Crippen LogP contribution is 2.35. The maximum absolute atomic E-state index is 12.8. The largest absolute Gasteiger partial charge is 0.490 e. The topological polar surface area (TPSA) is 44.1 Å². The molecule has 9 heteroatoms. The monoisotopic (exact) mass is 338 g/mol. The Morgan fingerprint density at radius 2 is 1.90 bits per heavy atom. The van der Waals surface area contributed by atoms with E-state index in [1.807, 2.05) is 0 Å². The lowest BCUT2D eigenvalue weighted by Gasteiger charge is -2.12. The number of rotatable bonds is 2. The third-order valence-electron chi connectivity index (χ3n) is 2.59. The van der Waals surface area contributed by atoms with Crippen molar-refractivity contribution in [1.82, 2.24) is 9.78 Å². The maximum Gasteiger partial charge on any atom is 0.417 e. The van der Waals surface area contributed by atoms with Gasteiger partial charge in [0, 0.05) is 0 Å². The molecule has 0 spiro atoms. The van der Waals surface area contributed by atoms with E-state index in [9.17, 15) is 18.0 Å². The molecule has 0 bridgehead atoms. The molecule has 0 aliphatic rings. The second kappa shape index (κ2) is 5.57. The molecule has 21 heavy (non-hydrogen) atoms. The molecule has 0 amide bonds. The van der Waals surface area contributed by atoms with Crippen molar-refractivity contribution in [2.45, 2.75) is 6.18 Å². The van der Waals surface area contributed by atoms with Gasteiger partial charge in [-0.3, -0.25) is 4.79 Å². The SMILES string of the molecule is COc1c(Cl)cnn(-c2ccc(Cl)c(C(F)(F)F)c2)c1=O. The molecular weight excluding hydrogens is 332 g/mol. The van der Waals surface area contributed by atoms with E-state index in [1.165, 1.54) is 13.2 Å². The molecule has 0 unspecified atom stereocenters. The first-order valence-electron chi connectivity index (χ1n) is 5.44. The summed E-state index contributed by atoms with van der Waals surface area (Å²) in [6, 6.07) is 3.00.